The van der Waals surface area contributed by atoms with Crippen molar-refractivity contribution >= 4 is 0 Å². The first-order valence-corrected chi connectivity index (χ1v) is 47.5. The second kappa shape index (κ2) is 42.5. The molecule has 0 fully saturated rings. The lowest BCUT2D eigenvalue weighted by Gasteiger charge is -2.10. The van der Waals surface area contributed by atoms with Gasteiger partial charge in [-0.15, -0.1) is 0 Å². The average Bonchev–Trinajstić information content (AvgIpc) is 0.796. The van der Waals surface area contributed by atoms with E-state index in [0.29, 0.717) is 52.4 Å². The number of nitrogens with zero attached hydrogens (tertiary/aromatic N) is 15. The molecule has 0 aliphatic heterocycles. The van der Waals surface area contributed by atoms with Crippen LogP contribution in [-0.4, -0.2) is 74.8 Å². The molecule has 0 saturated carbocycles. The molecule has 15 nitrogen and oxygen atoms in total. The molecule has 0 radical (unpaired) electrons. The van der Waals surface area contributed by atoms with Crippen molar-refractivity contribution in [1.29, 1.82) is 0 Å². The Morgan fingerprint density at radius 1 is 0.0972 bits per heavy atom. The van der Waals surface area contributed by atoms with Gasteiger partial charge in [-0.2, -0.15) is 0 Å². The maximum absolute atomic E-state index is 4.95. The topological polar surface area (TPSA) is 193 Å². The first-order chi connectivity index (χ1) is 71.3. The van der Waals surface area contributed by atoms with E-state index in [9.17, 15) is 0 Å². The molecule has 0 amide bonds. The molecule has 9 aromatic heterocycles. The fraction of sp³-hybridized carbons (Fsp3) is 0. The lowest BCUT2D eigenvalue weighted by Crippen LogP contribution is -2.00. The summed E-state index contributed by atoms with van der Waals surface area (Å²) in [4.78, 5) is 71.3. The van der Waals surface area contributed by atoms with Gasteiger partial charge < -0.3 is 0 Å². The summed E-state index contributed by atoms with van der Waals surface area (Å²) in [6.07, 6.45) is 14.7. The first-order valence-electron chi connectivity index (χ1n) is 47.5. The van der Waals surface area contributed by atoms with E-state index < -0.39 is 0 Å². The highest BCUT2D eigenvalue weighted by atomic mass is 15.1. The number of rotatable bonds is 21. The monoisotopic (exact) mass is 1850 g/mol. The van der Waals surface area contributed by atoms with Gasteiger partial charge in [0.25, 0.3) is 0 Å². The average molecular weight is 1850 g/mol. The van der Waals surface area contributed by atoms with Gasteiger partial charge in [0.2, 0.25) is 0 Å². The maximum Gasteiger partial charge on any atom is 0.164 e. The van der Waals surface area contributed by atoms with Gasteiger partial charge in [0.15, 0.2) is 52.4 Å². The molecule has 0 unspecified atom stereocenters. The minimum atomic E-state index is 0.628. The summed E-state index contributed by atoms with van der Waals surface area (Å²) in [5, 5.41) is 0. The number of hydrogen-bond acceptors (Lipinski definition) is 15. The Bertz CT molecular complexity index is 7660. The number of hydrogen-bond donors (Lipinski definition) is 0. The molecule has 0 atom stereocenters. The fourth-order valence-electron chi connectivity index (χ4n) is 17.2. The lowest BCUT2D eigenvalue weighted by atomic mass is 9.99. The molecule has 15 heteroatoms. The van der Waals surface area contributed by atoms with Gasteiger partial charge >= 0.3 is 0 Å². The van der Waals surface area contributed by atoms with E-state index in [1.165, 1.54) is 16.7 Å². The Hall–Kier alpha value is -19.8. The van der Waals surface area contributed by atoms with Crippen LogP contribution < -0.4 is 0 Å². The quantitative estimate of drug-likeness (QED) is 0.0659. The molecule has 0 aliphatic carbocycles. The van der Waals surface area contributed by atoms with E-state index in [1.807, 2.05) is 183 Å². The molecule has 0 aliphatic rings. The van der Waals surface area contributed by atoms with E-state index >= 15 is 0 Å². The van der Waals surface area contributed by atoms with Crippen LogP contribution in [0.25, 0.3) is 237 Å². The van der Waals surface area contributed by atoms with Crippen LogP contribution in [0.3, 0.4) is 0 Å². The molecule has 24 rings (SSSR count). The Kier molecular flexibility index (Phi) is 26.4. The van der Waals surface area contributed by atoms with E-state index in [0.717, 1.165) is 167 Å². The smallest absolute Gasteiger partial charge is 0.164 e. The maximum atomic E-state index is 4.95. The molecule has 24 aromatic rings. The molecular weight excluding hydrogens is 1760 g/mol. The number of aromatic nitrogens is 15. The summed E-state index contributed by atoms with van der Waals surface area (Å²) in [6, 6.07) is 163. The van der Waals surface area contributed by atoms with Crippen LogP contribution >= 0.6 is 0 Å². The third-order valence-electron chi connectivity index (χ3n) is 24.9. The van der Waals surface area contributed by atoms with Crippen LogP contribution in [0.4, 0.5) is 0 Å². The largest absolute Gasteiger partial charge is 0.265 e. The third-order valence-corrected chi connectivity index (χ3v) is 24.9. The highest BCUT2D eigenvalue weighted by molar-refractivity contribution is 5.82. The van der Waals surface area contributed by atoms with Crippen LogP contribution in [-0.2, 0) is 0 Å². The van der Waals surface area contributed by atoms with Gasteiger partial charge in [0.05, 0.1) is 22.8 Å². The number of pyridine rings is 6. The van der Waals surface area contributed by atoms with Crippen molar-refractivity contribution in [2.24, 2.45) is 0 Å². The summed E-state index contributed by atoms with van der Waals surface area (Å²) < 4.78 is 0. The van der Waals surface area contributed by atoms with E-state index in [2.05, 4.69) is 336 Å². The molecule has 144 heavy (non-hydrogen) atoms. The second-order valence-electron chi connectivity index (χ2n) is 34.3. The molecule has 0 spiro atoms. The minimum Gasteiger partial charge on any atom is -0.265 e. The highest BCUT2D eigenvalue weighted by Gasteiger charge is 2.20. The second-order valence-corrected chi connectivity index (χ2v) is 34.3. The van der Waals surface area contributed by atoms with Gasteiger partial charge in [-0.3, -0.25) is 29.9 Å². The van der Waals surface area contributed by atoms with Crippen molar-refractivity contribution < 1.29 is 0 Å². The van der Waals surface area contributed by atoms with Gasteiger partial charge in [-0.1, -0.05) is 406 Å². The summed E-state index contributed by atoms with van der Waals surface area (Å²) in [5.41, 5.74) is 34.1. The van der Waals surface area contributed by atoms with Crippen molar-refractivity contribution in [2.45, 2.75) is 0 Å². The molecule has 0 bridgehead atoms. The van der Waals surface area contributed by atoms with Crippen molar-refractivity contribution in [3.63, 3.8) is 0 Å². The van der Waals surface area contributed by atoms with Gasteiger partial charge in [-0.25, -0.2) is 44.9 Å². The zero-order chi connectivity index (χ0) is 96.4. The van der Waals surface area contributed by atoms with Crippen molar-refractivity contribution in [2.75, 3.05) is 0 Å². The third kappa shape index (κ3) is 21.0. The summed E-state index contributed by atoms with van der Waals surface area (Å²) in [5.74, 6) is 5.72. The predicted octanol–water partition coefficient (Wildman–Crippen LogP) is 31.0. The molecular formula is C129H87N15. The Labute approximate surface area is 834 Å². The van der Waals surface area contributed by atoms with Crippen LogP contribution in [0.1, 0.15) is 0 Å². The van der Waals surface area contributed by atoms with Gasteiger partial charge in [0, 0.05) is 139 Å². The Balaban J connectivity index is 0.000000123. The lowest BCUT2D eigenvalue weighted by molar-refractivity contribution is 1.07. The first kappa shape index (κ1) is 89.4. The van der Waals surface area contributed by atoms with Crippen molar-refractivity contribution in [3.8, 4) is 237 Å². The van der Waals surface area contributed by atoms with Crippen LogP contribution in [0, 0.1) is 0 Å². The van der Waals surface area contributed by atoms with Crippen molar-refractivity contribution in [1.82, 2.24) is 74.8 Å². The van der Waals surface area contributed by atoms with E-state index in [-0.39, 0.29) is 0 Å². The molecule has 9 heterocycles. The Morgan fingerprint density at radius 2 is 0.299 bits per heavy atom. The Morgan fingerprint density at radius 3 is 0.562 bits per heavy atom. The predicted molar refractivity (Wildman–Crippen MR) is 580 cm³/mol. The summed E-state index contributed by atoms with van der Waals surface area (Å²) in [7, 11) is 0. The highest BCUT2D eigenvalue weighted by Crippen LogP contribution is 2.38. The van der Waals surface area contributed by atoms with Crippen LogP contribution in [0.15, 0.2) is 529 Å². The zero-order valence-corrected chi connectivity index (χ0v) is 77.9. The standard InChI is InChI=1S/3C43H29N5/c1-3-9-30(10-4-1)31-16-20-34(21-17-31)42-46-41(33-11-5-2-6-12-33)47-43(48-42)35-22-18-32(19-23-35)36-13-7-14-37(27-36)40-25-24-39(29-45-40)38-15-8-26-44-28-38;1-3-10-30(11-4-1)31-17-21-34(22-18-31)42-46-41(33-12-5-2-6-13-33)47-43(48-42)35-23-19-32(20-24-35)36-14-9-15-37(28-36)40-26-25-38(29-45-40)39-16-7-8-27-44-39;1-3-8-30(9-4-1)31-14-18-35(19-15-31)42-46-41(34-10-5-2-6-11-34)47-43(48-42)36-20-16-32(17-21-36)37-12-7-13-38(28-37)40-23-22-39(29-45-40)33-24-26-44-27-25-33/h3*1-29H. The van der Waals surface area contributed by atoms with E-state index in [4.69, 9.17) is 59.8 Å². The number of benzene rings is 15. The molecule has 678 valence electrons. The van der Waals surface area contributed by atoms with Gasteiger partial charge in [-0.05, 0) is 145 Å². The van der Waals surface area contributed by atoms with E-state index in [1.54, 1.807) is 24.8 Å². The van der Waals surface area contributed by atoms with Gasteiger partial charge in [0.1, 0.15) is 0 Å². The minimum absolute atomic E-state index is 0.628. The van der Waals surface area contributed by atoms with Crippen LogP contribution in [0.5, 0.6) is 0 Å². The molecule has 0 saturated heterocycles. The molecule has 0 N–H and O–H groups in total. The SMILES string of the molecule is c1ccc(-c2ccc(-c3nc(-c4ccccc4)nc(-c4ccc(-c5cccc(-c6ccc(-c7ccccn7)cn6)c5)cc4)n3)cc2)cc1.c1ccc(-c2ccc(-c3nc(-c4ccccc4)nc(-c4ccc(-c5cccc(-c6ccc(-c7cccnc7)cn6)c5)cc4)n3)cc2)cc1.c1ccc(-c2ccc(-c3nc(-c4ccccc4)nc(-c4ccc(-c5cccc(-c6ccc(-c7ccncc7)cn6)c5)cc4)n3)cc2)cc1. The summed E-state index contributed by atoms with van der Waals surface area (Å²) >= 11 is 0. The fourth-order valence-corrected chi connectivity index (χ4v) is 17.2. The summed E-state index contributed by atoms with van der Waals surface area (Å²) in [6.45, 7) is 0. The normalized spacial score (nSPS) is 10.9. The van der Waals surface area contributed by atoms with Crippen LogP contribution in [0.2, 0.25) is 0 Å². The van der Waals surface area contributed by atoms with Crippen molar-refractivity contribution in [3.05, 3.63) is 529 Å². The molecule has 15 aromatic carbocycles. The zero-order valence-electron chi connectivity index (χ0n) is 77.9.